The first kappa shape index (κ1) is 15.7. The van der Waals surface area contributed by atoms with Gasteiger partial charge in [-0.1, -0.05) is 18.2 Å². The maximum atomic E-state index is 12.6. The first-order chi connectivity index (χ1) is 9.96. The molecule has 21 heavy (non-hydrogen) atoms. The van der Waals surface area contributed by atoms with Crippen LogP contribution in [0.15, 0.2) is 24.3 Å². The second-order valence-corrected chi connectivity index (χ2v) is 5.05. The zero-order chi connectivity index (χ0) is 15.5. The van der Waals surface area contributed by atoms with Crippen LogP contribution in [0.1, 0.15) is 12.5 Å². The van der Waals surface area contributed by atoms with Crippen LogP contribution in [0, 0.1) is 0 Å². The van der Waals surface area contributed by atoms with E-state index in [1.165, 1.54) is 6.07 Å². The Bertz CT molecular complexity index is 507. The average molecular weight is 299 g/mol. The summed E-state index contributed by atoms with van der Waals surface area (Å²) in [5.41, 5.74) is 4.76. The largest absolute Gasteiger partial charge is 0.434 e. The average Bonchev–Trinajstić information content (AvgIpc) is 2.47. The van der Waals surface area contributed by atoms with E-state index in [0.717, 1.165) is 0 Å². The molecule has 1 amide bonds. The predicted octanol–water partition coefficient (Wildman–Crippen LogP) is 0.894. The lowest BCUT2D eigenvalue weighted by molar-refractivity contribution is -0.131. The third kappa shape index (κ3) is 3.14. The van der Waals surface area contributed by atoms with Crippen LogP contribution in [0.4, 0.5) is 8.78 Å². The Hall–Kier alpha value is -1.73. The number of carbonyl (C=O) groups is 1. The van der Waals surface area contributed by atoms with Crippen LogP contribution >= 0.6 is 0 Å². The Balaban J connectivity index is 2.44. The molecule has 0 spiro atoms. The molecule has 1 aliphatic heterocycles. The molecule has 1 saturated heterocycles. The van der Waals surface area contributed by atoms with Crippen molar-refractivity contribution in [3.63, 3.8) is 0 Å². The number of carbonyl (C=O) groups excluding carboxylic acids is 1. The van der Waals surface area contributed by atoms with E-state index in [1.807, 2.05) is 4.90 Å². The third-order valence-electron chi connectivity index (χ3n) is 3.86. The van der Waals surface area contributed by atoms with Crippen molar-refractivity contribution < 1.29 is 18.3 Å². The van der Waals surface area contributed by atoms with E-state index in [4.69, 9.17) is 5.73 Å². The van der Waals surface area contributed by atoms with Gasteiger partial charge in [0, 0.05) is 31.7 Å². The number of hydrogen-bond acceptors (Lipinski definition) is 4. The summed E-state index contributed by atoms with van der Waals surface area (Å²) in [4.78, 5) is 14.0. The number of nitrogens with one attached hydrogen (secondary N) is 1. The Morgan fingerprint density at radius 3 is 2.57 bits per heavy atom. The quantitative estimate of drug-likeness (QED) is 0.847. The molecule has 1 aromatic carbocycles. The fourth-order valence-corrected chi connectivity index (χ4v) is 2.64. The molecule has 1 aliphatic rings. The lowest BCUT2D eigenvalue weighted by Crippen LogP contribution is -2.58. The summed E-state index contributed by atoms with van der Waals surface area (Å²) in [7, 11) is 0. The van der Waals surface area contributed by atoms with E-state index in [9.17, 15) is 13.6 Å². The Kier molecular flexibility index (Phi) is 4.74. The van der Waals surface area contributed by atoms with Crippen molar-refractivity contribution in [3.8, 4) is 5.75 Å². The minimum absolute atomic E-state index is 0.0210. The van der Waals surface area contributed by atoms with Gasteiger partial charge in [-0.25, -0.2) is 0 Å². The molecule has 116 valence electrons. The van der Waals surface area contributed by atoms with Crippen molar-refractivity contribution in [2.45, 2.75) is 19.1 Å². The van der Waals surface area contributed by atoms with Gasteiger partial charge < -0.3 is 15.8 Å². The fourth-order valence-electron chi connectivity index (χ4n) is 2.64. The molecule has 0 saturated carbocycles. The van der Waals surface area contributed by atoms with Gasteiger partial charge in [-0.2, -0.15) is 8.78 Å². The molecule has 5 nitrogen and oxygen atoms in total. The van der Waals surface area contributed by atoms with Gasteiger partial charge in [-0.15, -0.1) is 0 Å². The number of ether oxygens (including phenoxy) is 1. The van der Waals surface area contributed by atoms with Gasteiger partial charge in [0.1, 0.15) is 11.3 Å². The summed E-state index contributed by atoms with van der Waals surface area (Å²) in [5.74, 6) is -0.609. The van der Waals surface area contributed by atoms with Crippen LogP contribution in [0.2, 0.25) is 0 Å². The van der Waals surface area contributed by atoms with Crippen LogP contribution in [0.3, 0.4) is 0 Å². The van der Waals surface area contributed by atoms with Gasteiger partial charge in [-0.05, 0) is 13.0 Å². The Labute approximate surface area is 122 Å². The van der Waals surface area contributed by atoms with E-state index in [1.54, 1.807) is 25.1 Å². The third-order valence-corrected chi connectivity index (χ3v) is 3.86. The molecule has 0 radical (unpaired) electrons. The Morgan fingerprint density at radius 2 is 2.00 bits per heavy atom. The zero-order valence-corrected chi connectivity index (χ0v) is 11.8. The zero-order valence-electron chi connectivity index (χ0n) is 11.8. The molecule has 1 unspecified atom stereocenters. The minimum atomic E-state index is -2.95. The summed E-state index contributed by atoms with van der Waals surface area (Å²) in [6, 6.07) is 6.28. The highest BCUT2D eigenvalue weighted by Crippen LogP contribution is 2.35. The summed E-state index contributed by atoms with van der Waals surface area (Å²) >= 11 is 0. The lowest BCUT2D eigenvalue weighted by atomic mass is 9.87. The minimum Gasteiger partial charge on any atom is -0.434 e. The maximum absolute atomic E-state index is 12.6. The monoisotopic (exact) mass is 299 g/mol. The van der Waals surface area contributed by atoms with Gasteiger partial charge in [0.2, 0.25) is 5.91 Å². The number of benzene rings is 1. The van der Waals surface area contributed by atoms with E-state index in [-0.39, 0.29) is 5.75 Å². The summed E-state index contributed by atoms with van der Waals surface area (Å²) in [5, 5.41) is 3.18. The highest BCUT2D eigenvalue weighted by atomic mass is 19.3. The highest BCUT2D eigenvalue weighted by Gasteiger charge is 2.42. The number of amides is 1. The molecule has 0 bridgehead atoms. The molecule has 0 aromatic heterocycles. The second-order valence-electron chi connectivity index (χ2n) is 5.05. The standard InChI is InChI=1S/C14H19F2N3O2/c1-14(12(17)20,19-8-6-18-7-9-19)10-4-2-3-5-11(10)21-13(15)16/h2-5,13,18H,6-9H2,1H3,(H2,17,20). The van der Waals surface area contributed by atoms with Gasteiger partial charge in [0.25, 0.3) is 0 Å². The molecule has 1 atom stereocenters. The van der Waals surface area contributed by atoms with Gasteiger partial charge in [0.05, 0.1) is 0 Å². The second kappa shape index (κ2) is 6.36. The smallest absolute Gasteiger partial charge is 0.387 e. The summed E-state index contributed by atoms with van der Waals surface area (Å²) < 4.78 is 29.7. The number of alkyl halides is 2. The topological polar surface area (TPSA) is 67.6 Å². The predicted molar refractivity (Wildman–Crippen MR) is 74.1 cm³/mol. The molecule has 2 rings (SSSR count). The molecular weight excluding hydrogens is 280 g/mol. The number of hydrogen-bond donors (Lipinski definition) is 2. The number of nitrogens with zero attached hydrogens (tertiary/aromatic N) is 1. The number of rotatable bonds is 5. The van der Waals surface area contributed by atoms with E-state index >= 15 is 0 Å². The SMILES string of the molecule is CC(C(N)=O)(c1ccccc1OC(F)F)N1CCNCC1. The molecule has 1 fully saturated rings. The van der Waals surface area contributed by atoms with E-state index in [0.29, 0.717) is 31.7 Å². The number of halogens is 2. The summed E-state index contributed by atoms with van der Waals surface area (Å²) in [6.45, 7) is 1.31. The number of piperazine rings is 1. The van der Waals surface area contributed by atoms with E-state index < -0.39 is 18.1 Å². The maximum Gasteiger partial charge on any atom is 0.387 e. The first-order valence-corrected chi connectivity index (χ1v) is 6.76. The number of para-hydroxylation sites is 1. The van der Waals surface area contributed by atoms with Crippen LogP contribution in [-0.4, -0.2) is 43.6 Å². The van der Waals surface area contributed by atoms with Crippen LogP contribution < -0.4 is 15.8 Å². The van der Waals surface area contributed by atoms with Crippen molar-refractivity contribution in [3.05, 3.63) is 29.8 Å². The normalized spacial score (nSPS) is 19.2. The molecule has 1 heterocycles. The lowest BCUT2D eigenvalue weighted by Gasteiger charge is -2.42. The highest BCUT2D eigenvalue weighted by molar-refractivity contribution is 5.86. The van der Waals surface area contributed by atoms with Crippen molar-refractivity contribution in [1.82, 2.24) is 10.2 Å². The number of primary amides is 1. The van der Waals surface area contributed by atoms with Crippen molar-refractivity contribution in [2.75, 3.05) is 26.2 Å². The van der Waals surface area contributed by atoms with Gasteiger partial charge >= 0.3 is 6.61 Å². The Morgan fingerprint density at radius 1 is 1.38 bits per heavy atom. The van der Waals surface area contributed by atoms with Crippen LogP contribution in [0.5, 0.6) is 5.75 Å². The van der Waals surface area contributed by atoms with Gasteiger partial charge in [0.15, 0.2) is 0 Å². The fraction of sp³-hybridized carbons (Fsp3) is 0.500. The van der Waals surface area contributed by atoms with Crippen LogP contribution in [0.25, 0.3) is 0 Å². The molecule has 7 heteroatoms. The summed E-state index contributed by atoms with van der Waals surface area (Å²) in [6.07, 6.45) is 0. The first-order valence-electron chi connectivity index (χ1n) is 6.76. The van der Waals surface area contributed by atoms with Crippen LogP contribution in [-0.2, 0) is 10.3 Å². The van der Waals surface area contributed by atoms with E-state index in [2.05, 4.69) is 10.1 Å². The molecule has 1 aromatic rings. The van der Waals surface area contributed by atoms with Crippen molar-refractivity contribution in [1.29, 1.82) is 0 Å². The van der Waals surface area contributed by atoms with Gasteiger partial charge in [-0.3, -0.25) is 9.69 Å². The molecular formula is C14H19F2N3O2. The van der Waals surface area contributed by atoms with Crippen molar-refractivity contribution in [2.24, 2.45) is 5.73 Å². The molecule has 0 aliphatic carbocycles. The van der Waals surface area contributed by atoms with Crippen molar-refractivity contribution >= 4 is 5.91 Å². The number of nitrogens with two attached hydrogens (primary N) is 1. The molecule has 3 N–H and O–H groups in total.